The molecule has 1 amide bonds. The number of amides is 1. The number of nitrogens with one attached hydrogen (secondary N) is 2. The zero-order valence-corrected chi connectivity index (χ0v) is 13.0. The molecule has 1 aromatic rings. The first-order valence-corrected chi connectivity index (χ1v) is 7.81. The molecule has 1 aliphatic carbocycles. The quantitative estimate of drug-likeness (QED) is 0.895. The van der Waals surface area contributed by atoms with Gasteiger partial charge in [-0.05, 0) is 43.5 Å². The number of hydrogen-bond acceptors (Lipinski definition) is 3. The Morgan fingerprint density at radius 1 is 1.48 bits per heavy atom. The predicted molar refractivity (Wildman–Crippen MR) is 83.7 cm³/mol. The van der Waals surface area contributed by atoms with Gasteiger partial charge in [-0.3, -0.25) is 4.79 Å². The first-order chi connectivity index (χ1) is 10.0. The van der Waals surface area contributed by atoms with Crippen molar-refractivity contribution in [1.29, 1.82) is 0 Å². The molecular weight excluding hydrogens is 264 g/mol. The fourth-order valence-electron chi connectivity index (χ4n) is 3.30. The average molecular weight is 288 g/mol. The van der Waals surface area contributed by atoms with E-state index >= 15 is 0 Å². The van der Waals surface area contributed by atoms with Gasteiger partial charge in [0.1, 0.15) is 0 Å². The van der Waals surface area contributed by atoms with Gasteiger partial charge < -0.3 is 15.4 Å². The molecule has 2 N–H and O–H groups in total. The first kappa shape index (κ1) is 14.4. The lowest BCUT2D eigenvalue weighted by atomic mass is 9.64. The van der Waals surface area contributed by atoms with Gasteiger partial charge in [0, 0.05) is 35.9 Å². The summed E-state index contributed by atoms with van der Waals surface area (Å²) in [5.74, 6) is 0.0257. The summed E-state index contributed by atoms with van der Waals surface area (Å²) in [4.78, 5) is 12.4. The van der Waals surface area contributed by atoms with Gasteiger partial charge in [0.05, 0.1) is 6.10 Å². The Labute approximate surface area is 126 Å². The van der Waals surface area contributed by atoms with Crippen LogP contribution in [0, 0.1) is 5.41 Å². The summed E-state index contributed by atoms with van der Waals surface area (Å²) in [6.45, 7) is 8.03. The minimum atomic E-state index is 0.00392. The zero-order valence-electron chi connectivity index (χ0n) is 13.0. The Morgan fingerprint density at radius 3 is 3.00 bits per heavy atom. The van der Waals surface area contributed by atoms with Crippen LogP contribution in [0.3, 0.4) is 0 Å². The van der Waals surface area contributed by atoms with E-state index in [1.807, 2.05) is 25.1 Å². The van der Waals surface area contributed by atoms with E-state index in [4.69, 9.17) is 4.74 Å². The molecule has 4 heteroatoms. The van der Waals surface area contributed by atoms with Crippen LogP contribution < -0.4 is 10.6 Å². The third kappa shape index (κ3) is 2.53. The molecule has 0 saturated heterocycles. The Bertz CT molecular complexity index is 554. The number of benzene rings is 1. The highest BCUT2D eigenvalue weighted by Crippen LogP contribution is 2.42. The lowest BCUT2D eigenvalue weighted by Crippen LogP contribution is -2.62. The summed E-state index contributed by atoms with van der Waals surface area (Å²) in [5.41, 5.74) is 3.16. The summed E-state index contributed by atoms with van der Waals surface area (Å²) >= 11 is 0. The van der Waals surface area contributed by atoms with Crippen LogP contribution in [0.1, 0.15) is 43.1 Å². The second kappa shape index (κ2) is 5.34. The lowest BCUT2D eigenvalue weighted by molar-refractivity contribution is -0.111. The van der Waals surface area contributed by atoms with Crippen LogP contribution in [-0.4, -0.2) is 31.2 Å². The van der Waals surface area contributed by atoms with Gasteiger partial charge >= 0.3 is 0 Å². The van der Waals surface area contributed by atoms with Gasteiger partial charge in [0.15, 0.2) is 0 Å². The fraction of sp³-hybridized carbons (Fsp3) is 0.588. The van der Waals surface area contributed by atoms with Crippen molar-refractivity contribution in [2.45, 2.75) is 45.8 Å². The highest BCUT2D eigenvalue weighted by Gasteiger charge is 2.49. The van der Waals surface area contributed by atoms with E-state index in [1.165, 1.54) is 5.56 Å². The number of carbonyl (C=O) groups excluding carboxylic acids is 1. The predicted octanol–water partition coefficient (Wildman–Crippen LogP) is 2.59. The molecule has 1 aromatic carbocycles. The molecule has 114 valence electrons. The van der Waals surface area contributed by atoms with Crippen molar-refractivity contribution < 1.29 is 9.53 Å². The highest BCUT2D eigenvalue weighted by molar-refractivity contribution is 5.95. The van der Waals surface area contributed by atoms with Crippen molar-refractivity contribution in [3.63, 3.8) is 0 Å². The third-order valence-electron chi connectivity index (χ3n) is 4.93. The van der Waals surface area contributed by atoms with Crippen molar-refractivity contribution in [2.24, 2.45) is 5.41 Å². The van der Waals surface area contributed by atoms with Crippen molar-refractivity contribution in [1.82, 2.24) is 5.32 Å². The van der Waals surface area contributed by atoms with Gasteiger partial charge in [-0.15, -0.1) is 0 Å². The number of ether oxygens (including phenoxy) is 1. The molecule has 2 atom stereocenters. The number of carbonyl (C=O) groups is 1. The van der Waals surface area contributed by atoms with E-state index in [0.29, 0.717) is 0 Å². The molecule has 0 bridgehead atoms. The van der Waals surface area contributed by atoms with Crippen LogP contribution in [-0.2, 0) is 11.2 Å². The summed E-state index contributed by atoms with van der Waals surface area (Å²) in [5, 5.41) is 6.48. The van der Waals surface area contributed by atoms with Crippen molar-refractivity contribution >= 4 is 11.6 Å². The second-order valence-corrected chi connectivity index (χ2v) is 6.58. The molecular formula is C17H24N2O2. The molecule has 1 saturated carbocycles. The van der Waals surface area contributed by atoms with E-state index in [0.717, 1.165) is 37.2 Å². The number of hydrogen-bond donors (Lipinski definition) is 2. The molecule has 2 unspecified atom stereocenters. The largest absolute Gasteiger partial charge is 0.384 e. The van der Waals surface area contributed by atoms with E-state index in [1.54, 1.807) is 0 Å². The summed E-state index contributed by atoms with van der Waals surface area (Å²) in [7, 11) is 0. The standard InChI is InChI=1S/C17H24N2O2/c1-4-21-15-10-14(17(15,2)3)19-16(20)12-5-6-13-11(9-12)7-8-18-13/h5-6,9,14-15,18H,4,7-8,10H2,1-3H3,(H,19,20). The monoisotopic (exact) mass is 288 g/mol. The van der Waals surface area contributed by atoms with Crippen LogP contribution in [0.25, 0.3) is 0 Å². The highest BCUT2D eigenvalue weighted by atomic mass is 16.5. The first-order valence-electron chi connectivity index (χ1n) is 7.81. The molecule has 1 aliphatic heterocycles. The molecule has 0 aromatic heterocycles. The maximum atomic E-state index is 12.4. The van der Waals surface area contributed by atoms with E-state index < -0.39 is 0 Å². The van der Waals surface area contributed by atoms with Gasteiger partial charge in [-0.1, -0.05) is 13.8 Å². The van der Waals surface area contributed by atoms with Crippen LogP contribution in [0.15, 0.2) is 18.2 Å². The minimum absolute atomic E-state index is 0.00392. The number of fused-ring (bicyclic) bond motifs is 1. The van der Waals surface area contributed by atoms with Crippen LogP contribution in [0.5, 0.6) is 0 Å². The Hall–Kier alpha value is -1.55. The third-order valence-corrected chi connectivity index (χ3v) is 4.93. The summed E-state index contributed by atoms with van der Waals surface area (Å²) < 4.78 is 5.71. The Morgan fingerprint density at radius 2 is 2.29 bits per heavy atom. The maximum absolute atomic E-state index is 12.4. The number of rotatable bonds is 4. The smallest absolute Gasteiger partial charge is 0.251 e. The molecule has 2 aliphatic rings. The molecule has 1 heterocycles. The van der Waals surface area contributed by atoms with Gasteiger partial charge in [-0.2, -0.15) is 0 Å². The van der Waals surface area contributed by atoms with Gasteiger partial charge in [-0.25, -0.2) is 0 Å². The Balaban J connectivity index is 1.65. The molecule has 21 heavy (non-hydrogen) atoms. The Kier molecular flexibility index (Phi) is 3.66. The van der Waals surface area contributed by atoms with E-state index in [9.17, 15) is 4.79 Å². The fourth-order valence-corrected chi connectivity index (χ4v) is 3.30. The van der Waals surface area contributed by atoms with E-state index in [-0.39, 0.29) is 23.5 Å². The minimum Gasteiger partial charge on any atom is -0.384 e. The molecule has 0 radical (unpaired) electrons. The van der Waals surface area contributed by atoms with Gasteiger partial charge in [0.2, 0.25) is 0 Å². The van der Waals surface area contributed by atoms with Crippen LogP contribution in [0.2, 0.25) is 0 Å². The van der Waals surface area contributed by atoms with E-state index in [2.05, 4.69) is 24.5 Å². The van der Waals surface area contributed by atoms with Crippen molar-refractivity contribution in [3.05, 3.63) is 29.3 Å². The second-order valence-electron chi connectivity index (χ2n) is 6.58. The summed E-state index contributed by atoms with van der Waals surface area (Å²) in [6, 6.07) is 6.11. The zero-order chi connectivity index (χ0) is 15.0. The molecule has 1 fully saturated rings. The lowest BCUT2D eigenvalue weighted by Gasteiger charge is -2.51. The number of anilines is 1. The maximum Gasteiger partial charge on any atom is 0.251 e. The van der Waals surface area contributed by atoms with Crippen LogP contribution in [0.4, 0.5) is 5.69 Å². The summed E-state index contributed by atoms with van der Waals surface area (Å²) in [6.07, 6.45) is 2.15. The van der Waals surface area contributed by atoms with Crippen molar-refractivity contribution in [3.8, 4) is 0 Å². The average Bonchev–Trinajstić information content (AvgIpc) is 2.93. The van der Waals surface area contributed by atoms with Gasteiger partial charge in [0.25, 0.3) is 5.91 Å². The SMILES string of the molecule is CCOC1CC(NC(=O)c2ccc3c(c2)CCN3)C1(C)C. The molecule has 0 spiro atoms. The molecule has 4 nitrogen and oxygen atoms in total. The van der Waals surface area contributed by atoms with Crippen molar-refractivity contribution in [2.75, 3.05) is 18.5 Å². The molecule has 3 rings (SSSR count). The topological polar surface area (TPSA) is 50.4 Å². The normalized spacial score (nSPS) is 25.7. The van der Waals surface area contributed by atoms with Crippen LogP contribution >= 0.6 is 0 Å².